The molecule has 2 rings (SSSR count). The first-order chi connectivity index (χ1) is 8.22. The normalized spacial score (nSPS) is 9.94. The molecule has 17 heavy (non-hydrogen) atoms. The summed E-state index contributed by atoms with van der Waals surface area (Å²) in [4.78, 5) is 8.11. The Morgan fingerprint density at radius 3 is 3.00 bits per heavy atom. The number of nitrogens with zero attached hydrogens (tertiary/aromatic N) is 5. The Bertz CT molecular complexity index is 570. The molecule has 1 N–H and O–H groups in total. The minimum Gasteiger partial charge on any atom is -0.373 e. The molecule has 0 atom stereocenters. The Balaban J connectivity index is 2.26. The fourth-order valence-corrected chi connectivity index (χ4v) is 1.47. The van der Waals surface area contributed by atoms with Crippen LogP contribution in [0.1, 0.15) is 11.5 Å². The molecule has 0 unspecified atom stereocenters. The topological polar surface area (TPSA) is 79.4 Å². The van der Waals surface area contributed by atoms with Crippen molar-refractivity contribution in [1.29, 1.82) is 5.26 Å². The van der Waals surface area contributed by atoms with Crippen LogP contribution in [0.4, 0.5) is 5.82 Å². The van der Waals surface area contributed by atoms with E-state index in [1.807, 2.05) is 6.07 Å². The van der Waals surface area contributed by atoms with Crippen molar-refractivity contribution in [3.8, 4) is 6.07 Å². The molecular formula is C10H9ClN6. The number of hydrogen-bond acceptors (Lipinski definition) is 5. The van der Waals surface area contributed by atoms with E-state index in [4.69, 9.17) is 16.9 Å². The van der Waals surface area contributed by atoms with E-state index >= 15 is 0 Å². The summed E-state index contributed by atoms with van der Waals surface area (Å²) in [5, 5.41) is 16.0. The number of rotatable bonds is 3. The Hall–Kier alpha value is -2.13. The molecule has 0 saturated carbocycles. The van der Waals surface area contributed by atoms with Gasteiger partial charge >= 0.3 is 0 Å². The average molecular weight is 249 g/mol. The summed E-state index contributed by atoms with van der Waals surface area (Å²) < 4.78 is 1.52. The number of nitrogens with one attached hydrogen (secondary N) is 1. The van der Waals surface area contributed by atoms with E-state index in [0.29, 0.717) is 17.3 Å². The first-order valence-electron chi connectivity index (χ1n) is 4.85. The largest absolute Gasteiger partial charge is 0.373 e. The molecule has 0 aliphatic carbocycles. The summed E-state index contributed by atoms with van der Waals surface area (Å²) in [5.41, 5.74) is 0.674. The number of anilines is 1. The van der Waals surface area contributed by atoms with Crippen LogP contribution in [0.2, 0.25) is 5.02 Å². The van der Waals surface area contributed by atoms with Crippen molar-refractivity contribution in [2.75, 3.05) is 12.4 Å². The van der Waals surface area contributed by atoms with Crippen LogP contribution in [0.5, 0.6) is 0 Å². The van der Waals surface area contributed by atoms with E-state index < -0.39 is 0 Å². The van der Waals surface area contributed by atoms with Gasteiger partial charge in [0.25, 0.3) is 5.82 Å². The number of aromatic nitrogens is 4. The summed E-state index contributed by atoms with van der Waals surface area (Å²) in [6, 6.07) is 5.41. The third-order valence-electron chi connectivity index (χ3n) is 2.12. The molecule has 0 aliphatic rings. The quantitative estimate of drug-likeness (QED) is 0.885. The van der Waals surface area contributed by atoms with Crippen LogP contribution in [-0.4, -0.2) is 26.8 Å². The van der Waals surface area contributed by atoms with Crippen LogP contribution < -0.4 is 5.32 Å². The van der Waals surface area contributed by atoms with Gasteiger partial charge < -0.3 is 5.32 Å². The van der Waals surface area contributed by atoms with Crippen molar-refractivity contribution in [2.24, 2.45) is 0 Å². The molecule has 0 aromatic carbocycles. The van der Waals surface area contributed by atoms with Crippen molar-refractivity contribution in [2.45, 2.75) is 6.54 Å². The molecule has 7 heteroatoms. The summed E-state index contributed by atoms with van der Waals surface area (Å²) in [7, 11) is 1.78. The van der Waals surface area contributed by atoms with E-state index in [2.05, 4.69) is 20.4 Å². The van der Waals surface area contributed by atoms with Gasteiger partial charge in [-0.2, -0.15) is 5.26 Å². The molecular weight excluding hydrogens is 240 g/mol. The van der Waals surface area contributed by atoms with Crippen LogP contribution >= 0.6 is 11.6 Å². The van der Waals surface area contributed by atoms with E-state index in [9.17, 15) is 0 Å². The van der Waals surface area contributed by atoms with Crippen molar-refractivity contribution < 1.29 is 0 Å². The van der Waals surface area contributed by atoms with Gasteiger partial charge in [-0.15, -0.1) is 5.10 Å². The zero-order valence-electron chi connectivity index (χ0n) is 9.05. The Labute approximate surface area is 103 Å². The van der Waals surface area contributed by atoms with Gasteiger partial charge in [0.05, 0.1) is 17.3 Å². The number of hydrogen-bond donors (Lipinski definition) is 1. The molecule has 2 aromatic heterocycles. The second kappa shape index (κ2) is 4.80. The molecule has 0 fully saturated rings. The first kappa shape index (κ1) is 11.4. The van der Waals surface area contributed by atoms with E-state index in [0.717, 1.165) is 5.82 Å². The van der Waals surface area contributed by atoms with E-state index in [1.165, 1.54) is 11.0 Å². The molecule has 0 radical (unpaired) electrons. The Kier molecular flexibility index (Phi) is 3.21. The van der Waals surface area contributed by atoms with Gasteiger partial charge in [-0.1, -0.05) is 11.6 Å². The highest BCUT2D eigenvalue weighted by Gasteiger charge is 2.06. The minimum atomic E-state index is 0.130. The lowest BCUT2D eigenvalue weighted by Gasteiger charge is -2.05. The van der Waals surface area contributed by atoms with Crippen LogP contribution in [-0.2, 0) is 6.54 Å². The van der Waals surface area contributed by atoms with E-state index in [1.54, 1.807) is 19.2 Å². The van der Waals surface area contributed by atoms with Gasteiger partial charge in [0.2, 0.25) is 0 Å². The van der Waals surface area contributed by atoms with Crippen LogP contribution in [0.15, 0.2) is 18.5 Å². The predicted octanol–water partition coefficient (Wildman–Crippen LogP) is 1.29. The standard InChI is InChI=1S/C10H9ClN6/c1-13-9-3-2-7(11)8(15-9)5-17-6-14-10(4-12)16-17/h2-3,6H,5H2,1H3,(H,13,15). The fraction of sp³-hybridized carbons (Fsp3) is 0.200. The lowest BCUT2D eigenvalue weighted by Crippen LogP contribution is -2.05. The average Bonchev–Trinajstić information content (AvgIpc) is 2.80. The molecule has 0 saturated heterocycles. The van der Waals surface area contributed by atoms with Crippen LogP contribution in [0.3, 0.4) is 0 Å². The van der Waals surface area contributed by atoms with Crippen molar-refractivity contribution in [3.63, 3.8) is 0 Å². The second-order valence-electron chi connectivity index (χ2n) is 3.25. The first-order valence-corrected chi connectivity index (χ1v) is 5.23. The lowest BCUT2D eigenvalue weighted by molar-refractivity contribution is 0.669. The highest BCUT2D eigenvalue weighted by molar-refractivity contribution is 6.31. The fourth-order valence-electron chi connectivity index (χ4n) is 1.31. The van der Waals surface area contributed by atoms with Gasteiger partial charge in [-0.05, 0) is 12.1 Å². The molecule has 2 heterocycles. The molecule has 0 amide bonds. The third-order valence-corrected chi connectivity index (χ3v) is 2.47. The maximum atomic E-state index is 8.61. The molecule has 6 nitrogen and oxygen atoms in total. The molecule has 0 aliphatic heterocycles. The summed E-state index contributed by atoms with van der Waals surface area (Å²) in [5.74, 6) is 0.857. The zero-order valence-corrected chi connectivity index (χ0v) is 9.81. The highest BCUT2D eigenvalue weighted by Crippen LogP contribution is 2.17. The SMILES string of the molecule is CNc1ccc(Cl)c(Cn2cnc(C#N)n2)n1. The van der Waals surface area contributed by atoms with Gasteiger partial charge in [0, 0.05) is 7.05 Å². The molecule has 86 valence electrons. The molecule has 0 bridgehead atoms. The maximum Gasteiger partial charge on any atom is 0.252 e. The number of nitriles is 1. The van der Waals surface area contributed by atoms with Crippen LogP contribution in [0, 0.1) is 11.3 Å². The monoisotopic (exact) mass is 248 g/mol. The number of pyridine rings is 1. The highest BCUT2D eigenvalue weighted by atomic mass is 35.5. The Morgan fingerprint density at radius 2 is 2.35 bits per heavy atom. The second-order valence-corrected chi connectivity index (χ2v) is 3.66. The van der Waals surface area contributed by atoms with Crippen molar-refractivity contribution in [3.05, 3.63) is 35.0 Å². The zero-order chi connectivity index (χ0) is 12.3. The molecule has 2 aromatic rings. The predicted molar refractivity (Wildman–Crippen MR) is 62.6 cm³/mol. The third kappa shape index (κ3) is 2.52. The lowest BCUT2D eigenvalue weighted by atomic mass is 10.3. The van der Waals surface area contributed by atoms with Gasteiger partial charge in [-0.25, -0.2) is 14.6 Å². The van der Waals surface area contributed by atoms with Gasteiger partial charge in [-0.3, -0.25) is 0 Å². The van der Waals surface area contributed by atoms with Crippen LogP contribution in [0.25, 0.3) is 0 Å². The number of halogens is 1. The Morgan fingerprint density at radius 1 is 1.53 bits per heavy atom. The smallest absolute Gasteiger partial charge is 0.252 e. The summed E-state index contributed by atoms with van der Waals surface area (Å²) >= 11 is 6.03. The van der Waals surface area contributed by atoms with Gasteiger partial charge in [0.1, 0.15) is 18.2 Å². The summed E-state index contributed by atoms with van der Waals surface area (Å²) in [6.07, 6.45) is 1.47. The minimum absolute atomic E-state index is 0.130. The van der Waals surface area contributed by atoms with Crippen molar-refractivity contribution in [1.82, 2.24) is 19.7 Å². The maximum absolute atomic E-state index is 8.61. The van der Waals surface area contributed by atoms with E-state index in [-0.39, 0.29) is 5.82 Å². The van der Waals surface area contributed by atoms with Crippen molar-refractivity contribution >= 4 is 17.4 Å². The molecule has 0 spiro atoms. The van der Waals surface area contributed by atoms with Gasteiger partial charge in [0.15, 0.2) is 0 Å². The summed E-state index contributed by atoms with van der Waals surface area (Å²) in [6.45, 7) is 0.378.